The number of para-hydroxylation sites is 1. The molecular formula is C14H11ClN4O. The molecule has 0 spiro atoms. The number of nitrogen functional groups attached to an aromatic ring is 1. The molecule has 6 heteroatoms. The SMILES string of the molecule is Nc1ccc(Cl)c(Cn2ncc(=O)c3ccccc32)n1. The second kappa shape index (κ2) is 4.94. The summed E-state index contributed by atoms with van der Waals surface area (Å²) in [6.45, 7) is 0.352. The maximum atomic E-state index is 11.8. The van der Waals surface area contributed by atoms with Gasteiger partial charge in [0.1, 0.15) is 5.82 Å². The number of aromatic nitrogens is 3. The van der Waals surface area contributed by atoms with E-state index in [1.807, 2.05) is 18.2 Å². The highest BCUT2D eigenvalue weighted by atomic mass is 35.5. The summed E-state index contributed by atoms with van der Waals surface area (Å²) in [4.78, 5) is 16.0. The highest BCUT2D eigenvalue weighted by Crippen LogP contribution is 2.17. The Kier molecular flexibility index (Phi) is 3.12. The topological polar surface area (TPSA) is 73.8 Å². The Morgan fingerprint density at radius 3 is 2.85 bits per heavy atom. The summed E-state index contributed by atoms with van der Waals surface area (Å²) in [7, 11) is 0. The van der Waals surface area contributed by atoms with E-state index in [1.54, 1.807) is 22.9 Å². The monoisotopic (exact) mass is 286 g/mol. The zero-order valence-corrected chi connectivity index (χ0v) is 11.2. The van der Waals surface area contributed by atoms with Crippen LogP contribution >= 0.6 is 11.6 Å². The zero-order chi connectivity index (χ0) is 14.1. The van der Waals surface area contributed by atoms with E-state index in [1.165, 1.54) is 6.20 Å². The summed E-state index contributed by atoms with van der Waals surface area (Å²) in [5, 5.41) is 5.27. The van der Waals surface area contributed by atoms with E-state index in [2.05, 4.69) is 10.1 Å². The van der Waals surface area contributed by atoms with Gasteiger partial charge in [-0.1, -0.05) is 23.7 Å². The van der Waals surface area contributed by atoms with Crippen molar-refractivity contribution in [3.63, 3.8) is 0 Å². The highest BCUT2D eigenvalue weighted by molar-refractivity contribution is 6.31. The smallest absolute Gasteiger partial charge is 0.207 e. The first-order chi connectivity index (χ1) is 9.65. The number of hydrogen-bond acceptors (Lipinski definition) is 4. The first-order valence-electron chi connectivity index (χ1n) is 6.01. The third kappa shape index (κ3) is 2.23. The van der Waals surface area contributed by atoms with Gasteiger partial charge in [0, 0.05) is 5.39 Å². The predicted octanol–water partition coefficient (Wildman–Crippen LogP) is 2.08. The van der Waals surface area contributed by atoms with Crippen molar-refractivity contribution in [3.05, 3.63) is 63.5 Å². The molecule has 0 radical (unpaired) electrons. The van der Waals surface area contributed by atoms with E-state index >= 15 is 0 Å². The van der Waals surface area contributed by atoms with Gasteiger partial charge in [-0.05, 0) is 24.3 Å². The molecule has 3 aromatic rings. The quantitative estimate of drug-likeness (QED) is 0.783. The molecule has 0 amide bonds. The first-order valence-corrected chi connectivity index (χ1v) is 6.39. The van der Waals surface area contributed by atoms with Crippen molar-refractivity contribution >= 4 is 28.3 Å². The lowest BCUT2D eigenvalue weighted by molar-refractivity contribution is 0.681. The summed E-state index contributed by atoms with van der Waals surface area (Å²) in [5.41, 5.74) is 6.92. The Morgan fingerprint density at radius 1 is 1.20 bits per heavy atom. The van der Waals surface area contributed by atoms with Gasteiger partial charge in [0.15, 0.2) is 0 Å². The Bertz CT molecular complexity index is 844. The maximum absolute atomic E-state index is 11.8. The van der Waals surface area contributed by atoms with E-state index in [9.17, 15) is 4.79 Å². The van der Waals surface area contributed by atoms with Crippen LogP contribution in [0, 0.1) is 0 Å². The molecule has 2 aromatic heterocycles. The van der Waals surface area contributed by atoms with Crippen molar-refractivity contribution in [3.8, 4) is 0 Å². The summed E-state index contributed by atoms with van der Waals surface area (Å²) in [6.07, 6.45) is 1.29. The molecular weight excluding hydrogens is 276 g/mol. The number of halogens is 1. The number of hydrogen-bond donors (Lipinski definition) is 1. The van der Waals surface area contributed by atoms with Crippen LogP contribution in [0.3, 0.4) is 0 Å². The van der Waals surface area contributed by atoms with Crippen molar-refractivity contribution in [2.24, 2.45) is 0 Å². The average Bonchev–Trinajstić information content (AvgIpc) is 2.46. The third-order valence-electron chi connectivity index (χ3n) is 3.00. The van der Waals surface area contributed by atoms with Crippen LogP contribution in [0.2, 0.25) is 5.02 Å². The minimum Gasteiger partial charge on any atom is -0.384 e. The second-order valence-corrected chi connectivity index (χ2v) is 4.76. The molecule has 0 aliphatic heterocycles. The van der Waals surface area contributed by atoms with Crippen LogP contribution in [0.4, 0.5) is 5.82 Å². The molecule has 3 rings (SSSR count). The van der Waals surface area contributed by atoms with Gasteiger partial charge in [-0.3, -0.25) is 9.48 Å². The Morgan fingerprint density at radius 2 is 2.00 bits per heavy atom. The van der Waals surface area contributed by atoms with Crippen LogP contribution in [0.15, 0.2) is 47.4 Å². The molecule has 5 nitrogen and oxygen atoms in total. The lowest BCUT2D eigenvalue weighted by Gasteiger charge is -2.10. The lowest BCUT2D eigenvalue weighted by atomic mass is 10.2. The predicted molar refractivity (Wildman–Crippen MR) is 78.8 cm³/mol. The van der Waals surface area contributed by atoms with Crippen molar-refractivity contribution in [1.29, 1.82) is 0 Å². The molecule has 0 aliphatic carbocycles. The molecule has 0 bridgehead atoms. The Balaban J connectivity index is 2.14. The molecule has 20 heavy (non-hydrogen) atoms. The van der Waals surface area contributed by atoms with Crippen molar-refractivity contribution < 1.29 is 0 Å². The van der Waals surface area contributed by atoms with Crippen LogP contribution in [0.1, 0.15) is 5.69 Å². The first kappa shape index (κ1) is 12.6. The third-order valence-corrected chi connectivity index (χ3v) is 3.35. The van der Waals surface area contributed by atoms with Crippen LogP contribution in [-0.4, -0.2) is 14.8 Å². The highest BCUT2D eigenvalue weighted by Gasteiger charge is 2.08. The van der Waals surface area contributed by atoms with Gasteiger partial charge in [0.05, 0.1) is 29.0 Å². The fourth-order valence-corrected chi connectivity index (χ4v) is 2.21. The standard InChI is InChI=1S/C14H11ClN4O/c15-10-5-6-14(16)18-11(10)8-19-12-4-2-1-3-9(12)13(20)7-17-19/h1-7H,8H2,(H2,16,18). The van der Waals surface area contributed by atoms with E-state index in [0.29, 0.717) is 28.5 Å². The minimum atomic E-state index is -0.108. The number of nitrogens with two attached hydrogens (primary N) is 1. The molecule has 0 saturated carbocycles. The van der Waals surface area contributed by atoms with Gasteiger partial charge in [-0.2, -0.15) is 5.10 Å². The number of rotatable bonds is 2. The average molecular weight is 287 g/mol. The molecule has 0 saturated heterocycles. The van der Waals surface area contributed by atoms with Crippen LogP contribution in [-0.2, 0) is 6.54 Å². The maximum Gasteiger partial charge on any atom is 0.207 e. The minimum absolute atomic E-state index is 0.108. The van der Waals surface area contributed by atoms with E-state index < -0.39 is 0 Å². The van der Waals surface area contributed by atoms with Gasteiger partial charge in [-0.15, -0.1) is 0 Å². The lowest BCUT2D eigenvalue weighted by Crippen LogP contribution is -2.14. The van der Waals surface area contributed by atoms with E-state index in [0.717, 1.165) is 5.52 Å². The largest absolute Gasteiger partial charge is 0.384 e. The molecule has 1 aromatic carbocycles. The van der Waals surface area contributed by atoms with E-state index in [4.69, 9.17) is 17.3 Å². The number of anilines is 1. The number of pyridine rings is 1. The molecule has 0 aliphatic rings. The zero-order valence-electron chi connectivity index (χ0n) is 10.5. The van der Waals surface area contributed by atoms with Crippen molar-refractivity contribution in [1.82, 2.24) is 14.8 Å². The molecule has 2 heterocycles. The number of nitrogens with zero attached hydrogens (tertiary/aromatic N) is 3. The molecule has 100 valence electrons. The normalized spacial score (nSPS) is 10.8. The van der Waals surface area contributed by atoms with Gasteiger partial charge in [0.25, 0.3) is 0 Å². The van der Waals surface area contributed by atoms with Gasteiger partial charge in [-0.25, -0.2) is 4.98 Å². The molecule has 2 N–H and O–H groups in total. The summed E-state index contributed by atoms with van der Waals surface area (Å²) < 4.78 is 1.68. The van der Waals surface area contributed by atoms with Crippen LogP contribution in [0.25, 0.3) is 10.9 Å². The summed E-state index contributed by atoms with van der Waals surface area (Å²) in [5.74, 6) is 0.398. The van der Waals surface area contributed by atoms with E-state index in [-0.39, 0.29) is 5.43 Å². The van der Waals surface area contributed by atoms with Crippen LogP contribution < -0.4 is 11.2 Å². The van der Waals surface area contributed by atoms with Gasteiger partial charge >= 0.3 is 0 Å². The molecule has 0 atom stereocenters. The summed E-state index contributed by atoms with van der Waals surface area (Å²) >= 11 is 6.11. The Labute approximate surface area is 119 Å². The van der Waals surface area contributed by atoms with Crippen molar-refractivity contribution in [2.75, 3.05) is 5.73 Å². The fourth-order valence-electron chi connectivity index (χ4n) is 2.04. The van der Waals surface area contributed by atoms with Crippen molar-refractivity contribution in [2.45, 2.75) is 6.54 Å². The van der Waals surface area contributed by atoms with Gasteiger partial charge < -0.3 is 5.73 Å². The number of benzene rings is 1. The second-order valence-electron chi connectivity index (χ2n) is 4.35. The fraction of sp³-hybridized carbons (Fsp3) is 0.0714. The Hall–Kier alpha value is -2.40. The molecule has 0 fully saturated rings. The summed E-state index contributed by atoms with van der Waals surface area (Å²) in [6, 6.07) is 10.6. The van der Waals surface area contributed by atoms with Crippen LogP contribution in [0.5, 0.6) is 0 Å². The van der Waals surface area contributed by atoms with Gasteiger partial charge in [0.2, 0.25) is 5.43 Å². The molecule has 0 unspecified atom stereocenters. The number of fused-ring (bicyclic) bond motifs is 1.